The smallest absolute Gasteiger partial charge is 0.304 e. The number of aliphatic carboxylic acids is 1. The van der Waals surface area contributed by atoms with Crippen molar-refractivity contribution in [3.8, 4) is 0 Å². The third-order valence-electron chi connectivity index (χ3n) is 1.99. The molecule has 0 saturated heterocycles. The summed E-state index contributed by atoms with van der Waals surface area (Å²) < 4.78 is 0. The lowest BCUT2D eigenvalue weighted by atomic mass is 10.3. The van der Waals surface area contributed by atoms with Crippen LogP contribution in [-0.4, -0.2) is 48.4 Å². The van der Waals surface area contributed by atoms with Crippen molar-refractivity contribution in [2.45, 2.75) is 26.3 Å². The van der Waals surface area contributed by atoms with Crippen LogP contribution in [0.15, 0.2) is 17.4 Å². The summed E-state index contributed by atoms with van der Waals surface area (Å²) in [5.74, 6) is -0.144. The molecule has 2 N–H and O–H groups in total. The number of hydrogen-bond acceptors (Lipinski definition) is 4. The number of carbonyl (C=O) groups is 1. The average Bonchev–Trinajstić information content (AvgIpc) is 2.14. The van der Waals surface area contributed by atoms with Crippen molar-refractivity contribution in [1.82, 2.24) is 10.2 Å². The molecule has 0 heterocycles. The molecule has 0 spiro atoms. The molecule has 0 bridgehead atoms. The lowest BCUT2D eigenvalue weighted by molar-refractivity contribution is -0.137. The highest BCUT2D eigenvalue weighted by Crippen LogP contribution is 1.95. The molecular formula is C11H21N3O2. The predicted molar refractivity (Wildman–Crippen MR) is 65.7 cm³/mol. The van der Waals surface area contributed by atoms with Crippen LogP contribution in [0.5, 0.6) is 0 Å². The van der Waals surface area contributed by atoms with E-state index in [9.17, 15) is 4.79 Å². The maximum Gasteiger partial charge on any atom is 0.304 e. The van der Waals surface area contributed by atoms with Gasteiger partial charge in [-0.05, 0) is 20.9 Å². The van der Waals surface area contributed by atoms with Crippen LogP contribution in [0.3, 0.4) is 0 Å². The third kappa shape index (κ3) is 7.99. The van der Waals surface area contributed by atoms with Crippen molar-refractivity contribution in [3.63, 3.8) is 0 Å². The quantitative estimate of drug-likeness (QED) is 0.605. The molecule has 1 unspecified atom stereocenters. The van der Waals surface area contributed by atoms with Crippen LogP contribution < -0.4 is 5.32 Å². The van der Waals surface area contributed by atoms with Crippen molar-refractivity contribution in [3.05, 3.63) is 12.4 Å². The van der Waals surface area contributed by atoms with Gasteiger partial charge in [0.1, 0.15) is 5.82 Å². The van der Waals surface area contributed by atoms with E-state index >= 15 is 0 Å². The number of carboxylic acids is 1. The Labute approximate surface area is 96.9 Å². The Hall–Kier alpha value is -1.36. The van der Waals surface area contributed by atoms with Crippen LogP contribution in [-0.2, 0) is 4.79 Å². The lowest BCUT2D eigenvalue weighted by Gasteiger charge is -2.22. The third-order valence-corrected chi connectivity index (χ3v) is 1.99. The first-order valence-electron chi connectivity index (χ1n) is 5.30. The van der Waals surface area contributed by atoms with Gasteiger partial charge in [-0.15, -0.1) is 0 Å². The van der Waals surface area contributed by atoms with Crippen LogP contribution >= 0.6 is 0 Å². The van der Waals surface area contributed by atoms with Crippen molar-refractivity contribution in [1.29, 1.82) is 0 Å². The molecule has 0 aliphatic rings. The molecule has 16 heavy (non-hydrogen) atoms. The maximum absolute atomic E-state index is 10.4. The monoisotopic (exact) mass is 227 g/mol. The Morgan fingerprint density at radius 3 is 2.81 bits per heavy atom. The first kappa shape index (κ1) is 14.6. The molecule has 0 rings (SSSR count). The largest absolute Gasteiger partial charge is 0.481 e. The molecular weight excluding hydrogens is 206 g/mol. The van der Waals surface area contributed by atoms with Crippen molar-refractivity contribution in [2.75, 3.05) is 20.1 Å². The van der Waals surface area contributed by atoms with Gasteiger partial charge in [0, 0.05) is 25.3 Å². The van der Waals surface area contributed by atoms with Crippen LogP contribution in [0.25, 0.3) is 0 Å². The van der Waals surface area contributed by atoms with Crippen LogP contribution in [0.2, 0.25) is 0 Å². The van der Waals surface area contributed by atoms with Crippen molar-refractivity contribution < 1.29 is 9.90 Å². The maximum atomic E-state index is 10.4. The minimum absolute atomic E-state index is 0.164. The van der Waals surface area contributed by atoms with Crippen molar-refractivity contribution >= 4 is 12.2 Å². The Kier molecular flexibility index (Phi) is 7.20. The van der Waals surface area contributed by atoms with Gasteiger partial charge in [-0.25, -0.2) is 4.99 Å². The fourth-order valence-electron chi connectivity index (χ4n) is 1.37. The van der Waals surface area contributed by atoms with E-state index in [0.717, 1.165) is 6.54 Å². The van der Waals surface area contributed by atoms with Gasteiger partial charge in [0.25, 0.3) is 0 Å². The van der Waals surface area contributed by atoms with Crippen molar-refractivity contribution in [2.24, 2.45) is 4.99 Å². The summed E-state index contributed by atoms with van der Waals surface area (Å²) in [6.07, 6.45) is 1.84. The summed E-state index contributed by atoms with van der Waals surface area (Å²) in [5, 5.41) is 11.7. The fraction of sp³-hybridized carbons (Fsp3) is 0.636. The summed E-state index contributed by atoms with van der Waals surface area (Å²) in [4.78, 5) is 16.3. The summed E-state index contributed by atoms with van der Waals surface area (Å²) in [5.41, 5.74) is 0. The Balaban J connectivity index is 3.81. The number of nitrogens with zero attached hydrogens (tertiary/aromatic N) is 2. The molecule has 5 nitrogen and oxygen atoms in total. The van der Waals surface area contributed by atoms with E-state index < -0.39 is 5.97 Å². The average molecular weight is 227 g/mol. The molecule has 0 aliphatic carbocycles. The second kappa shape index (κ2) is 7.87. The Bertz CT molecular complexity index is 264. The van der Waals surface area contributed by atoms with Crippen LogP contribution in [0.4, 0.5) is 0 Å². The molecule has 0 aromatic heterocycles. The van der Waals surface area contributed by atoms with Gasteiger partial charge in [0.15, 0.2) is 0 Å². The Morgan fingerprint density at radius 2 is 2.31 bits per heavy atom. The van der Waals surface area contributed by atoms with E-state index in [0.29, 0.717) is 12.4 Å². The summed E-state index contributed by atoms with van der Waals surface area (Å²) in [7, 11) is 1.90. The predicted octanol–water partition coefficient (Wildman–Crippen LogP) is 0.933. The van der Waals surface area contributed by atoms with Gasteiger partial charge in [-0.3, -0.25) is 4.79 Å². The van der Waals surface area contributed by atoms with E-state index in [-0.39, 0.29) is 12.5 Å². The molecule has 0 amide bonds. The number of carboxylic acid groups (broad SMARTS) is 1. The molecule has 1 atom stereocenters. The SMILES string of the molecule is C=C(N=CC)NC(C)CN(C)CCC(=O)O. The standard InChI is InChI=1S/C11H21N3O2/c1-5-12-10(3)13-9(2)8-14(4)7-6-11(15)16/h5,9,13H,3,6-8H2,1-2,4H3,(H,15,16). The first-order valence-corrected chi connectivity index (χ1v) is 5.30. The normalized spacial score (nSPS) is 13.0. The zero-order chi connectivity index (χ0) is 12.6. The van der Waals surface area contributed by atoms with E-state index in [2.05, 4.69) is 16.9 Å². The highest BCUT2D eigenvalue weighted by molar-refractivity contribution is 5.66. The lowest BCUT2D eigenvalue weighted by Crippen LogP contribution is -2.37. The van der Waals surface area contributed by atoms with Gasteiger partial charge in [0.2, 0.25) is 0 Å². The van der Waals surface area contributed by atoms with Gasteiger partial charge in [-0.1, -0.05) is 6.58 Å². The fourth-order valence-corrected chi connectivity index (χ4v) is 1.37. The van der Waals surface area contributed by atoms with Gasteiger partial charge in [0.05, 0.1) is 6.42 Å². The number of likely N-dealkylation sites (N-methyl/N-ethyl adjacent to an activating group) is 1. The van der Waals surface area contributed by atoms with Gasteiger partial charge < -0.3 is 15.3 Å². The van der Waals surface area contributed by atoms with Gasteiger partial charge in [-0.2, -0.15) is 0 Å². The number of rotatable bonds is 8. The molecule has 0 saturated carbocycles. The van der Waals surface area contributed by atoms with E-state index in [1.807, 2.05) is 25.8 Å². The number of nitrogens with one attached hydrogen (secondary N) is 1. The number of hydrogen-bond donors (Lipinski definition) is 2. The minimum Gasteiger partial charge on any atom is -0.481 e. The molecule has 0 fully saturated rings. The highest BCUT2D eigenvalue weighted by Gasteiger charge is 2.07. The minimum atomic E-state index is -0.771. The summed E-state index contributed by atoms with van der Waals surface area (Å²) >= 11 is 0. The molecule has 0 aromatic rings. The number of aliphatic imine (C=N–C) groups is 1. The van der Waals surface area contributed by atoms with E-state index in [1.54, 1.807) is 6.21 Å². The second-order valence-electron chi connectivity index (χ2n) is 3.79. The topological polar surface area (TPSA) is 64.9 Å². The zero-order valence-corrected chi connectivity index (χ0v) is 10.2. The highest BCUT2D eigenvalue weighted by atomic mass is 16.4. The molecule has 5 heteroatoms. The Morgan fingerprint density at radius 1 is 1.69 bits per heavy atom. The molecule has 0 aromatic carbocycles. The second-order valence-corrected chi connectivity index (χ2v) is 3.79. The van der Waals surface area contributed by atoms with Crippen LogP contribution in [0, 0.1) is 0 Å². The van der Waals surface area contributed by atoms with E-state index in [1.165, 1.54) is 0 Å². The van der Waals surface area contributed by atoms with Gasteiger partial charge >= 0.3 is 5.97 Å². The summed E-state index contributed by atoms with van der Waals surface area (Å²) in [6.45, 7) is 8.88. The summed E-state index contributed by atoms with van der Waals surface area (Å²) in [6, 6.07) is 0.190. The molecule has 0 aliphatic heterocycles. The molecule has 0 radical (unpaired) electrons. The zero-order valence-electron chi connectivity index (χ0n) is 10.2. The van der Waals surface area contributed by atoms with Crippen LogP contribution in [0.1, 0.15) is 20.3 Å². The first-order chi connectivity index (χ1) is 7.45. The molecule has 92 valence electrons. The van der Waals surface area contributed by atoms with E-state index in [4.69, 9.17) is 5.11 Å².